The molecule has 2 nitrogen and oxygen atoms in total. The van der Waals surface area contributed by atoms with Gasteiger partial charge in [-0.2, -0.15) is 0 Å². The molecule has 0 bridgehead atoms. The lowest BCUT2D eigenvalue weighted by molar-refractivity contribution is 0.631. The number of nitrogens with zero attached hydrogens (tertiary/aromatic N) is 1. The summed E-state index contributed by atoms with van der Waals surface area (Å²) < 4.78 is 7.10. The highest BCUT2D eigenvalue weighted by Crippen LogP contribution is 2.33. The zero-order valence-electron chi connectivity index (χ0n) is 10.4. The Morgan fingerprint density at radius 2 is 1.95 bits per heavy atom. The molecular formula is C16H11NOS. The summed E-state index contributed by atoms with van der Waals surface area (Å²) in [6, 6.07) is 16.5. The number of aromatic nitrogens is 1. The third-order valence-electron chi connectivity index (χ3n) is 3.18. The zero-order chi connectivity index (χ0) is 12.8. The fraction of sp³-hybridized carbons (Fsp3) is 0.0625. The van der Waals surface area contributed by atoms with Gasteiger partial charge in [-0.15, -0.1) is 11.3 Å². The van der Waals surface area contributed by atoms with E-state index < -0.39 is 0 Å². The molecule has 92 valence electrons. The smallest absolute Gasteiger partial charge is 0.164 e. The third-order valence-corrected chi connectivity index (χ3v) is 4.23. The number of fused-ring (bicyclic) bond motifs is 2. The molecule has 0 saturated carbocycles. The van der Waals surface area contributed by atoms with E-state index in [1.165, 1.54) is 10.3 Å². The second kappa shape index (κ2) is 3.93. The van der Waals surface area contributed by atoms with Gasteiger partial charge in [0, 0.05) is 5.39 Å². The Kier molecular flexibility index (Phi) is 2.23. The van der Waals surface area contributed by atoms with Crippen molar-refractivity contribution >= 4 is 32.5 Å². The van der Waals surface area contributed by atoms with Crippen LogP contribution in [0.2, 0.25) is 0 Å². The Morgan fingerprint density at radius 3 is 2.84 bits per heavy atom. The van der Waals surface area contributed by atoms with Gasteiger partial charge in [0.1, 0.15) is 5.58 Å². The lowest BCUT2D eigenvalue weighted by Crippen LogP contribution is -1.69. The van der Waals surface area contributed by atoms with Crippen molar-refractivity contribution in [1.82, 2.24) is 4.98 Å². The number of hydrogen-bond donors (Lipinski definition) is 0. The van der Waals surface area contributed by atoms with Crippen molar-refractivity contribution in [3.8, 4) is 10.8 Å². The third kappa shape index (κ3) is 1.74. The molecule has 0 aliphatic rings. The first-order chi connectivity index (χ1) is 9.29. The van der Waals surface area contributed by atoms with Crippen molar-refractivity contribution in [1.29, 1.82) is 0 Å². The highest BCUT2D eigenvalue weighted by molar-refractivity contribution is 7.21. The van der Waals surface area contributed by atoms with Crippen LogP contribution in [-0.2, 0) is 0 Å². The lowest BCUT2D eigenvalue weighted by Gasteiger charge is -1.89. The van der Waals surface area contributed by atoms with E-state index in [0.29, 0.717) is 0 Å². The molecule has 0 N–H and O–H groups in total. The van der Waals surface area contributed by atoms with Crippen molar-refractivity contribution in [2.75, 3.05) is 0 Å². The molecule has 2 heterocycles. The van der Waals surface area contributed by atoms with E-state index in [0.717, 1.165) is 27.3 Å². The molecule has 2 aromatic carbocycles. The maximum absolute atomic E-state index is 5.91. The molecule has 0 fully saturated rings. The fourth-order valence-corrected chi connectivity index (χ4v) is 3.14. The number of furan rings is 1. The van der Waals surface area contributed by atoms with Crippen molar-refractivity contribution in [2.45, 2.75) is 6.92 Å². The summed E-state index contributed by atoms with van der Waals surface area (Å²) in [5.74, 6) is 0.849. The number of rotatable bonds is 1. The minimum absolute atomic E-state index is 0.849. The van der Waals surface area contributed by atoms with Crippen LogP contribution in [0.5, 0.6) is 0 Å². The molecule has 0 unspecified atom stereocenters. The fourth-order valence-electron chi connectivity index (χ4n) is 2.22. The van der Waals surface area contributed by atoms with E-state index in [-0.39, 0.29) is 0 Å². The zero-order valence-corrected chi connectivity index (χ0v) is 11.2. The first-order valence-electron chi connectivity index (χ1n) is 6.16. The molecule has 0 spiro atoms. The van der Waals surface area contributed by atoms with Crippen molar-refractivity contribution in [3.05, 3.63) is 54.1 Å². The molecule has 3 heteroatoms. The van der Waals surface area contributed by atoms with Gasteiger partial charge < -0.3 is 4.42 Å². The van der Waals surface area contributed by atoms with Crippen LogP contribution >= 0.6 is 11.3 Å². The van der Waals surface area contributed by atoms with Crippen LogP contribution in [0, 0.1) is 6.92 Å². The predicted octanol–water partition coefficient (Wildman–Crippen LogP) is 5.02. The summed E-state index contributed by atoms with van der Waals surface area (Å²) in [6.45, 7) is 2.07. The van der Waals surface area contributed by atoms with Gasteiger partial charge >= 0.3 is 0 Å². The van der Waals surface area contributed by atoms with E-state index in [9.17, 15) is 0 Å². The van der Waals surface area contributed by atoms with Crippen LogP contribution in [0.15, 0.2) is 52.9 Å². The number of aryl methyl sites for hydroxylation is 1. The van der Waals surface area contributed by atoms with Gasteiger partial charge in [-0.1, -0.05) is 24.3 Å². The maximum atomic E-state index is 5.91. The van der Waals surface area contributed by atoms with E-state index in [1.807, 2.05) is 18.2 Å². The average Bonchev–Trinajstić information content (AvgIpc) is 3.00. The van der Waals surface area contributed by atoms with E-state index in [2.05, 4.69) is 42.2 Å². The summed E-state index contributed by atoms with van der Waals surface area (Å²) in [4.78, 5) is 4.63. The molecular weight excluding hydrogens is 254 g/mol. The summed E-state index contributed by atoms with van der Waals surface area (Å²) in [6.07, 6.45) is 0. The molecule has 4 rings (SSSR count). The SMILES string of the molecule is Cc1ccc2cc(-c3nc4ccccc4s3)oc2c1. The van der Waals surface area contributed by atoms with E-state index in [4.69, 9.17) is 4.42 Å². The van der Waals surface area contributed by atoms with Crippen LogP contribution in [0.3, 0.4) is 0 Å². The molecule has 0 radical (unpaired) electrons. The highest BCUT2D eigenvalue weighted by atomic mass is 32.1. The second-order valence-electron chi connectivity index (χ2n) is 4.64. The van der Waals surface area contributed by atoms with Gasteiger partial charge in [0.05, 0.1) is 10.2 Å². The summed E-state index contributed by atoms with van der Waals surface area (Å²) >= 11 is 1.66. The average molecular weight is 265 g/mol. The van der Waals surface area contributed by atoms with Crippen molar-refractivity contribution in [2.24, 2.45) is 0 Å². The van der Waals surface area contributed by atoms with E-state index in [1.54, 1.807) is 11.3 Å². The van der Waals surface area contributed by atoms with Crippen molar-refractivity contribution < 1.29 is 4.42 Å². The number of hydrogen-bond acceptors (Lipinski definition) is 3. The Hall–Kier alpha value is -2.13. The first kappa shape index (κ1) is 10.8. The number of thiazole rings is 1. The van der Waals surface area contributed by atoms with Gasteiger partial charge in [-0.05, 0) is 36.8 Å². The molecule has 0 atom stereocenters. The monoisotopic (exact) mass is 265 g/mol. The van der Waals surface area contributed by atoms with Gasteiger partial charge in [0.15, 0.2) is 10.8 Å². The molecule has 4 aromatic rings. The Balaban J connectivity index is 1.93. The summed E-state index contributed by atoms with van der Waals surface area (Å²) in [5.41, 5.74) is 3.16. The Bertz CT molecular complexity index is 855. The van der Waals surface area contributed by atoms with Crippen LogP contribution in [0.4, 0.5) is 0 Å². The van der Waals surface area contributed by atoms with Crippen LogP contribution in [0.25, 0.3) is 32.0 Å². The lowest BCUT2D eigenvalue weighted by atomic mass is 10.2. The quantitative estimate of drug-likeness (QED) is 0.483. The van der Waals surface area contributed by atoms with Crippen LogP contribution in [-0.4, -0.2) is 4.98 Å². The highest BCUT2D eigenvalue weighted by Gasteiger charge is 2.11. The number of para-hydroxylation sites is 1. The van der Waals surface area contributed by atoms with Crippen LogP contribution < -0.4 is 0 Å². The second-order valence-corrected chi connectivity index (χ2v) is 5.67. The molecule has 0 saturated heterocycles. The van der Waals surface area contributed by atoms with Gasteiger partial charge in [-0.25, -0.2) is 4.98 Å². The summed E-state index contributed by atoms with van der Waals surface area (Å²) in [7, 11) is 0. The molecule has 19 heavy (non-hydrogen) atoms. The molecule has 2 aromatic heterocycles. The Labute approximate surface area is 114 Å². The normalized spacial score (nSPS) is 11.4. The topological polar surface area (TPSA) is 26.0 Å². The minimum Gasteiger partial charge on any atom is -0.454 e. The maximum Gasteiger partial charge on any atom is 0.164 e. The van der Waals surface area contributed by atoms with Crippen molar-refractivity contribution in [3.63, 3.8) is 0 Å². The molecule has 0 amide bonds. The van der Waals surface area contributed by atoms with Crippen LogP contribution in [0.1, 0.15) is 5.56 Å². The van der Waals surface area contributed by atoms with Gasteiger partial charge in [0.25, 0.3) is 0 Å². The standard InChI is InChI=1S/C16H11NOS/c1-10-6-7-11-9-14(18-13(11)8-10)16-17-12-4-2-3-5-15(12)19-16/h2-9H,1H3. The molecule has 0 aliphatic heterocycles. The van der Waals surface area contributed by atoms with E-state index >= 15 is 0 Å². The largest absolute Gasteiger partial charge is 0.454 e. The molecule has 0 aliphatic carbocycles. The predicted molar refractivity (Wildman–Crippen MR) is 79.6 cm³/mol. The van der Waals surface area contributed by atoms with Gasteiger partial charge in [-0.3, -0.25) is 0 Å². The minimum atomic E-state index is 0.849. The number of benzene rings is 2. The first-order valence-corrected chi connectivity index (χ1v) is 6.97. The van der Waals surface area contributed by atoms with Gasteiger partial charge in [0.2, 0.25) is 0 Å². The Morgan fingerprint density at radius 1 is 1.05 bits per heavy atom. The summed E-state index contributed by atoms with van der Waals surface area (Å²) in [5, 5.41) is 2.06.